The summed E-state index contributed by atoms with van der Waals surface area (Å²) < 4.78 is 11.5. The Balaban J connectivity index is 2.11. The number of ether oxygens (including phenoxy) is 2. The van der Waals surface area contributed by atoms with E-state index in [1.807, 2.05) is 13.8 Å². The second-order valence-electron chi connectivity index (χ2n) is 4.22. The summed E-state index contributed by atoms with van der Waals surface area (Å²) in [5.74, 6) is -0.670. The Labute approximate surface area is 79.0 Å². The van der Waals surface area contributed by atoms with E-state index >= 15 is 0 Å². The van der Waals surface area contributed by atoms with Crippen molar-refractivity contribution in [1.29, 1.82) is 0 Å². The fourth-order valence-corrected chi connectivity index (χ4v) is 2.22. The number of aliphatic hydroxyl groups is 1. The Morgan fingerprint density at radius 3 is 2.31 bits per heavy atom. The molecule has 1 saturated carbocycles. The minimum absolute atomic E-state index is 0.104. The lowest BCUT2D eigenvalue weighted by molar-refractivity contribution is -0.247. The third kappa shape index (κ3) is 1.49. The molecule has 1 aliphatic carbocycles. The van der Waals surface area contributed by atoms with Gasteiger partial charge in [-0.25, -0.2) is 0 Å². The van der Waals surface area contributed by atoms with Crippen LogP contribution in [0.1, 0.15) is 39.5 Å². The topological polar surface area (TPSA) is 38.7 Å². The molecule has 2 aliphatic rings. The summed E-state index contributed by atoms with van der Waals surface area (Å²) >= 11 is 0. The van der Waals surface area contributed by atoms with Gasteiger partial charge in [-0.15, -0.1) is 0 Å². The molecule has 3 nitrogen and oxygen atoms in total. The van der Waals surface area contributed by atoms with Gasteiger partial charge in [0, 0.05) is 6.42 Å². The molecule has 1 saturated heterocycles. The molecular formula is C10H18O3. The first-order valence-corrected chi connectivity index (χ1v) is 5.18. The van der Waals surface area contributed by atoms with Crippen LogP contribution in [0.4, 0.5) is 0 Å². The average molecular weight is 186 g/mol. The fourth-order valence-electron chi connectivity index (χ4n) is 2.22. The van der Waals surface area contributed by atoms with Crippen molar-refractivity contribution in [1.82, 2.24) is 0 Å². The third-order valence-electron chi connectivity index (χ3n) is 3.19. The van der Waals surface area contributed by atoms with Crippen molar-refractivity contribution in [3.05, 3.63) is 0 Å². The Kier molecular flexibility index (Phi) is 2.34. The molecular weight excluding hydrogens is 168 g/mol. The van der Waals surface area contributed by atoms with Gasteiger partial charge in [0.25, 0.3) is 0 Å². The maximum atomic E-state index is 9.85. The highest BCUT2D eigenvalue weighted by molar-refractivity contribution is 4.90. The summed E-state index contributed by atoms with van der Waals surface area (Å²) in [7, 11) is 0. The van der Waals surface area contributed by atoms with E-state index in [-0.39, 0.29) is 12.2 Å². The second kappa shape index (κ2) is 3.23. The van der Waals surface area contributed by atoms with Gasteiger partial charge in [-0.05, 0) is 26.7 Å². The van der Waals surface area contributed by atoms with Gasteiger partial charge in [0.05, 0.1) is 12.2 Å². The first-order valence-electron chi connectivity index (χ1n) is 5.18. The molecule has 1 spiro atoms. The van der Waals surface area contributed by atoms with Crippen LogP contribution in [0.3, 0.4) is 0 Å². The van der Waals surface area contributed by atoms with Gasteiger partial charge in [0.2, 0.25) is 0 Å². The van der Waals surface area contributed by atoms with Crippen molar-refractivity contribution >= 4 is 0 Å². The van der Waals surface area contributed by atoms with Crippen LogP contribution in [0.5, 0.6) is 0 Å². The highest BCUT2D eigenvalue weighted by Crippen LogP contribution is 2.40. The van der Waals surface area contributed by atoms with Gasteiger partial charge in [-0.3, -0.25) is 0 Å². The van der Waals surface area contributed by atoms with Crippen LogP contribution in [-0.2, 0) is 9.47 Å². The van der Waals surface area contributed by atoms with Crippen molar-refractivity contribution < 1.29 is 14.6 Å². The predicted octanol–water partition coefficient (Wildman–Crippen LogP) is 1.44. The lowest BCUT2D eigenvalue weighted by atomic mass is 9.91. The van der Waals surface area contributed by atoms with Crippen LogP contribution in [0.2, 0.25) is 0 Å². The van der Waals surface area contributed by atoms with Crippen molar-refractivity contribution in [2.24, 2.45) is 0 Å². The summed E-state index contributed by atoms with van der Waals surface area (Å²) in [4.78, 5) is 0. The van der Waals surface area contributed by atoms with E-state index in [1.165, 1.54) is 0 Å². The van der Waals surface area contributed by atoms with Gasteiger partial charge in [-0.1, -0.05) is 6.42 Å². The van der Waals surface area contributed by atoms with Gasteiger partial charge >= 0.3 is 0 Å². The quantitative estimate of drug-likeness (QED) is 0.622. The van der Waals surface area contributed by atoms with Crippen molar-refractivity contribution in [3.8, 4) is 0 Å². The zero-order valence-corrected chi connectivity index (χ0v) is 8.32. The van der Waals surface area contributed by atoms with E-state index in [4.69, 9.17) is 9.47 Å². The van der Waals surface area contributed by atoms with Crippen LogP contribution in [-0.4, -0.2) is 29.2 Å². The van der Waals surface area contributed by atoms with Gasteiger partial charge in [0.1, 0.15) is 6.10 Å². The lowest BCUT2D eigenvalue weighted by Crippen LogP contribution is -2.46. The van der Waals surface area contributed by atoms with E-state index < -0.39 is 11.9 Å². The molecule has 3 heteroatoms. The molecule has 0 bridgehead atoms. The molecule has 0 aromatic rings. The Bertz CT molecular complexity index is 183. The van der Waals surface area contributed by atoms with Crippen molar-refractivity contribution in [2.75, 3.05) is 0 Å². The minimum Gasteiger partial charge on any atom is -0.388 e. The molecule has 2 rings (SSSR count). The first kappa shape index (κ1) is 9.44. The number of rotatable bonds is 0. The Morgan fingerprint density at radius 1 is 1.15 bits per heavy atom. The fraction of sp³-hybridized carbons (Fsp3) is 1.00. The normalized spacial score (nSPS) is 44.1. The molecule has 1 N–H and O–H groups in total. The number of aliphatic hydroxyl groups excluding tert-OH is 1. The molecule has 1 aliphatic heterocycles. The molecule has 2 fully saturated rings. The maximum absolute atomic E-state index is 9.85. The van der Waals surface area contributed by atoms with Crippen molar-refractivity contribution in [2.45, 2.75) is 63.6 Å². The second-order valence-corrected chi connectivity index (χ2v) is 4.22. The SMILES string of the molecule is C[C@H]1OC2(CCCC[C@@H]2O)O[C@@H]1C. The summed E-state index contributed by atoms with van der Waals surface area (Å²) in [6, 6.07) is 0. The molecule has 13 heavy (non-hydrogen) atoms. The predicted molar refractivity (Wildman–Crippen MR) is 48.3 cm³/mol. The maximum Gasteiger partial charge on any atom is 0.195 e. The van der Waals surface area contributed by atoms with Crippen LogP contribution >= 0.6 is 0 Å². The summed E-state index contributed by atoms with van der Waals surface area (Å²) in [6.07, 6.45) is 3.59. The van der Waals surface area contributed by atoms with Crippen molar-refractivity contribution in [3.63, 3.8) is 0 Å². The largest absolute Gasteiger partial charge is 0.388 e. The Morgan fingerprint density at radius 2 is 1.77 bits per heavy atom. The van der Waals surface area contributed by atoms with E-state index in [0.717, 1.165) is 25.7 Å². The monoisotopic (exact) mass is 186 g/mol. The minimum atomic E-state index is -0.670. The van der Waals surface area contributed by atoms with E-state index in [9.17, 15) is 5.11 Å². The van der Waals surface area contributed by atoms with Gasteiger partial charge in [-0.2, -0.15) is 0 Å². The molecule has 0 radical (unpaired) electrons. The van der Waals surface area contributed by atoms with Crippen LogP contribution in [0, 0.1) is 0 Å². The third-order valence-corrected chi connectivity index (χ3v) is 3.19. The zero-order chi connectivity index (χ0) is 9.47. The number of hydrogen-bond acceptors (Lipinski definition) is 3. The van der Waals surface area contributed by atoms with Crippen LogP contribution < -0.4 is 0 Å². The molecule has 3 atom stereocenters. The first-order chi connectivity index (χ1) is 6.14. The summed E-state index contributed by atoms with van der Waals surface area (Å²) in [5.41, 5.74) is 0. The molecule has 1 heterocycles. The molecule has 0 aromatic carbocycles. The Hall–Kier alpha value is -0.120. The highest BCUT2D eigenvalue weighted by Gasteiger charge is 2.50. The standard InChI is InChI=1S/C10H18O3/c1-7-8(2)13-10(12-7)6-4-3-5-9(10)11/h7-9,11H,3-6H2,1-2H3/t7-,8-,9+/m1/s1. The smallest absolute Gasteiger partial charge is 0.195 e. The van der Waals surface area contributed by atoms with Gasteiger partial charge < -0.3 is 14.6 Å². The van der Waals surface area contributed by atoms with Crippen LogP contribution in [0.15, 0.2) is 0 Å². The van der Waals surface area contributed by atoms with Crippen LogP contribution in [0.25, 0.3) is 0 Å². The molecule has 0 unspecified atom stereocenters. The van der Waals surface area contributed by atoms with E-state index in [2.05, 4.69) is 0 Å². The number of hydrogen-bond donors (Lipinski definition) is 1. The summed E-state index contributed by atoms with van der Waals surface area (Å²) in [6.45, 7) is 4.00. The molecule has 76 valence electrons. The van der Waals surface area contributed by atoms with E-state index in [0.29, 0.717) is 0 Å². The molecule has 0 aromatic heterocycles. The zero-order valence-electron chi connectivity index (χ0n) is 8.32. The van der Waals surface area contributed by atoms with E-state index in [1.54, 1.807) is 0 Å². The summed E-state index contributed by atoms with van der Waals surface area (Å²) in [5, 5.41) is 9.85. The van der Waals surface area contributed by atoms with Gasteiger partial charge in [0.15, 0.2) is 5.79 Å². The highest BCUT2D eigenvalue weighted by atomic mass is 16.8. The molecule has 0 amide bonds. The average Bonchev–Trinajstić information content (AvgIpc) is 2.36. The lowest BCUT2D eigenvalue weighted by Gasteiger charge is -2.36.